The van der Waals surface area contributed by atoms with E-state index in [1.807, 2.05) is 0 Å². The Morgan fingerprint density at radius 1 is 1.79 bits per heavy atom. The Morgan fingerprint density at radius 3 is 3.21 bits per heavy atom. The first kappa shape index (κ1) is 14.2. The summed E-state index contributed by atoms with van der Waals surface area (Å²) in [6, 6.07) is -1.03. The number of anilines is 1. The van der Waals surface area contributed by atoms with Gasteiger partial charge in [-0.05, 0) is 25.4 Å². The summed E-state index contributed by atoms with van der Waals surface area (Å²) in [4.78, 5) is 17.4. The lowest BCUT2D eigenvalue weighted by Gasteiger charge is -2.13. The van der Waals surface area contributed by atoms with E-state index in [1.54, 1.807) is 5.38 Å². The molecule has 106 valence electrons. The van der Waals surface area contributed by atoms with Crippen molar-refractivity contribution in [3.05, 3.63) is 11.1 Å². The van der Waals surface area contributed by atoms with Crippen LogP contribution < -0.4 is 11.1 Å². The zero-order valence-corrected chi connectivity index (χ0v) is 11.8. The van der Waals surface area contributed by atoms with Crippen molar-refractivity contribution in [2.24, 2.45) is 11.7 Å². The van der Waals surface area contributed by atoms with E-state index in [1.165, 1.54) is 17.8 Å². The molecule has 0 amide bonds. The summed E-state index contributed by atoms with van der Waals surface area (Å²) in [5, 5.41) is 14.5. The molecule has 2 unspecified atom stereocenters. The van der Waals surface area contributed by atoms with Crippen LogP contribution in [0.25, 0.3) is 0 Å². The van der Waals surface area contributed by atoms with Gasteiger partial charge in [0.2, 0.25) is 0 Å². The van der Waals surface area contributed by atoms with E-state index in [2.05, 4.69) is 22.1 Å². The molecule has 6 nitrogen and oxygen atoms in total. The largest absolute Gasteiger partial charge is 0.480 e. The highest BCUT2D eigenvalue weighted by molar-refractivity contribution is 7.13. The number of carboxylic acid groups (broad SMARTS) is 1. The van der Waals surface area contributed by atoms with E-state index in [0.29, 0.717) is 11.6 Å². The molecule has 2 heterocycles. The Morgan fingerprint density at radius 2 is 2.58 bits per heavy atom. The Hall–Kier alpha value is -1.18. The molecule has 1 aliphatic rings. The lowest BCUT2D eigenvalue weighted by molar-refractivity contribution is -0.138. The van der Waals surface area contributed by atoms with Crippen molar-refractivity contribution in [1.82, 2.24) is 9.88 Å². The van der Waals surface area contributed by atoms with Gasteiger partial charge in [0, 0.05) is 18.5 Å². The molecule has 19 heavy (non-hydrogen) atoms. The van der Waals surface area contributed by atoms with E-state index < -0.39 is 12.0 Å². The highest BCUT2D eigenvalue weighted by Gasteiger charge is 2.22. The second-order valence-electron chi connectivity index (χ2n) is 4.82. The van der Waals surface area contributed by atoms with E-state index in [4.69, 9.17) is 10.8 Å². The molecule has 1 aliphatic heterocycles. The van der Waals surface area contributed by atoms with Gasteiger partial charge in [-0.3, -0.25) is 4.79 Å². The van der Waals surface area contributed by atoms with Gasteiger partial charge in [-0.1, -0.05) is 6.92 Å². The maximum Gasteiger partial charge on any atom is 0.326 e. The van der Waals surface area contributed by atoms with Crippen molar-refractivity contribution in [3.63, 3.8) is 0 Å². The molecule has 1 fully saturated rings. The maximum absolute atomic E-state index is 10.8. The monoisotopic (exact) mass is 284 g/mol. The third kappa shape index (κ3) is 3.65. The van der Waals surface area contributed by atoms with E-state index >= 15 is 0 Å². The van der Waals surface area contributed by atoms with Crippen LogP contribution in [0.1, 0.15) is 25.1 Å². The molecule has 0 bridgehead atoms. The van der Waals surface area contributed by atoms with Gasteiger partial charge in [-0.25, -0.2) is 4.98 Å². The van der Waals surface area contributed by atoms with Gasteiger partial charge in [-0.2, -0.15) is 0 Å². The van der Waals surface area contributed by atoms with Crippen LogP contribution in [0.3, 0.4) is 0 Å². The fourth-order valence-electron chi connectivity index (χ4n) is 2.24. The number of carbonyl (C=O) groups is 1. The zero-order valence-electron chi connectivity index (χ0n) is 11.0. The number of nitrogens with zero attached hydrogens (tertiary/aromatic N) is 2. The minimum absolute atomic E-state index is 0.418. The summed E-state index contributed by atoms with van der Waals surface area (Å²) < 4.78 is 0. The van der Waals surface area contributed by atoms with Crippen LogP contribution >= 0.6 is 11.3 Å². The van der Waals surface area contributed by atoms with Crippen LogP contribution in [0.5, 0.6) is 0 Å². The topological polar surface area (TPSA) is 91.5 Å². The number of hydrogen-bond donors (Lipinski definition) is 3. The zero-order chi connectivity index (χ0) is 13.8. The molecule has 1 aromatic heterocycles. The van der Waals surface area contributed by atoms with Crippen LogP contribution in [0.15, 0.2) is 5.38 Å². The Bertz CT molecular complexity index is 437. The second kappa shape index (κ2) is 6.31. The van der Waals surface area contributed by atoms with Crippen molar-refractivity contribution >= 4 is 22.4 Å². The average Bonchev–Trinajstić information content (AvgIpc) is 3.04. The van der Waals surface area contributed by atoms with Crippen molar-refractivity contribution in [1.29, 1.82) is 0 Å². The van der Waals surface area contributed by atoms with E-state index in [0.717, 1.165) is 31.3 Å². The van der Waals surface area contributed by atoms with Crippen LogP contribution in [-0.4, -0.2) is 47.1 Å². The van der Waals surface area contributed by atoms with Crippen LogP contribution in [0, 0.1) is 5.92 Å². The number of aliphatic carboxylic acids is 1. The molecule has 0 radical (unpaired) electrons. The number of nitrogens with two attached hydrogens (primary N) is 1. The van der Waals surface area contributed by atoms with Gasteiger partial charge in [0.1, 0.15) is 6.04 Å². The van der Waals surface area contributed by atoms with Crippen molar-refractivity contribution < 1.29 is 9.90 Å². The van der Waals surface area contributed by atoms with E-state index in [9.17, 15) is 4.79 Å². The van der Waals surface area contributed by atoms with Gasteiger partial charge in [0.25, 0.3) is 0 Å². The predicted octanol–water partition coefficient (Wildman–Crippen LogP) is 0.981. The highest BCUT2D eigenvalue weighted by Crippen LogP contribution is 2.21. The molecule has 0 aromatic carbocycles. The SMILES string of the molecule is CCN1CCC(CNc2nc(C(N)C(=O)O)cs2)C1. The minimum Gasteiger partial charge on any atom is -0.480 e. The third-order valence-corrected chi connectivity index (χ3v) is 4.28. The van der Waals surface area contributed by atoms with Gasteiger partial charge in [-0.15, -0.1) is 11.3 Å². The number of rotatable bonds is 6. The Kier molecular flexibility index (Phi) is 4.73. The molecule has 7 heteroatoms. The number of carboxylic acids is 1. The van der Waals surface area contributed by atoms with Crippen molar-refractivity contribution in [2.45, 2.75) is 19.4 Å². The molecule has 0 aliphatic carbocycles. The van der Waals surface area contributed by atoms with Crippen LogP contribution in [-0.2, 0) is 4.79 Å². The predicted molar refractivity (Wildman–Crippen MR) is 75.4 cm³/mol. The number of likely N-dealkylation sites (tertiary alicyclic amines) is 1. The number of aromatic nitrogens is 1. The average molecular weight is 284 g/mol. The fraction of sp³-hybridized carbons (Fsp3) is 0.667. The molecule has 1 aromatic rings. The Balaban J connectivity index is 1.82. The number of hydrogen-bond acceptors (Lipinski definition) is 6. The van der Waals surface area contributed by atoms with Crippen LogP contribution in [0.4, 0.5) is 5.13 Å². The van der Waals surface area contributed by atoms with Crippen molar-refractivity contribution in [2.75, 3.05) is 31.5 Å². The first-order valence-corrected chi connectivity index (χ1v) is 7.38. The highest BCUT2D eigenvalue weighted by atomic mass is 32.1. The molecule has 0 spiro atoms. The number of nitrogens with one attached hydrogen (secondary N) is 1. The third-order valence-electron chi connectivity index (χ3n) is 3.47. The van der Waals surface area contributed by atoms with Crippen molar-refractivity contribution in [3.8, 4) is 0 Å². The summed E-state index contributed by atoms with van der Waals surface area (Å²) >= 11 is 1.41. The van der Waals surface area contributed by atoms with Gasteiger partial charge in [0.05, 0.1) is 5.69 Å². The smallest absolute Gasteiger partial charge is 0.326 e. The first-order chi connectivity index (χ1) is 9.10. The molecule has 0 saturated carbocycles. The molecule has 2 rings (SSSR count). The minimum atomic E-state index is -1.05. The van der Waals surface area contributed by atoms with E-state index in [-0.39, 0.29) is 0 Å². The second-order valence-corrected chi connectivity index (χ2v) is 5.68. The summed E-state index contributed by atoms with van der Waals surface area (Å²) in [6.45, 7) is 6.44. The molecular weight excluding hydrogens is 264 g/mol. The summed E-state index contributed by atoms with van der Waals surface area (Å²) in [7, 11) is 0. The molecule has 2 atom stereocenters. The lowest BCUT2D eigenvalue weighted by Crippen LogP contribution is -2.22. The first-order valence-electron chi connectivity index (χ1n) is 6.50. The molecular formula is C12H20N4O2S. The summed E-state index contributed by atoms with van der Waals surface area (Å²) in [5.41, 5.74) is 5.93. The summed E-state index contributed by atoms with van der Waals surface area (Å²) in [6.07, 6.45) is 1.20. The standard InChI is InChI=1S/C12H20N4O2S/c1-2-16-4-3-8(6-16)5-14-12-15-9(7-19-12)10(13)11(17)18/h7-8,10H,2-6,13H2,1H3,(H,14,15)(H,17,18). The normalized spacial score (nSPS) is 21.5. The fourth-order valence-corrected chi connectivity index (χ4v) is 2.99. The quantitative estimate of drug-likeness (QED) is 0.721. The molecule has 4 N–H and O–H groups in total. The molecule has 1 saturated heterocycles. The maximum atomic E-state index is 10.8. The van der Waals surface area contributed by atoms with Gasteiger partial charge in [0.15, 0.2) is 5.13 Å². The van der Waals surface area contributed by atoms with Gasteiger partial charge < -0.3 is 21.1 Å². The Labute approximate surface area is 116 Å². The lowest BCUT2D eigenvalue weighted by atomic mass is 10.1. The van der Waals surface area contributed by atoms with Gasteiger partial charge >= 0.3 is 5.97 Å². The summed E-state index contributed by atoms with van der Waals surface area (Å²) in [5.74, 6) is -0.410. The van der Waals surface area contributed by atoms with Crippen LogP contribution in [0.2, 0.25) is 0 Å². The number of thiazole rings is 1.